The van der Waals surface area contributed by atoms with Crippen LogP contribution in [0.15, 0.2) is 134 Å². The normalized spacial score (nSPS) is 13.2. The highest BCUT2D eigenvalue weighted by molar-refractivity contribution is 5.71. The van der Waals surface area contributed by atoms with Crippen LogP contribution in [-0.4, -0.2) is 37.2 Å². The minimum absolute atomic E-state index is 0.145. The van der Waals surface area contributed by atoms with Crippen LogP contribution in [0.4, 0.5) is 0 Å². The van der Waals surface area contributed by atoms with Gasteiger partial charge in [0, 0.05) is 19.3 Å². The molecule has 6 heteroatoms. The van der Waals surface area contributed by atoms with Crippen LogP contribution in [0.5, 0.6) is 0 Å². The number of carbonyl (C=O) groups is 3. The Morgan fingerprint density at radius 2 is 0.688 bits per heavy atom. The first-order valence-corrected chi connectivity index (χ1v) is 25.3. The molecule has 0 aromatic carbocycles. The van der Waals surface area contributed by atoms with Crippen LogP contribution in [0.25, 0.3) is 0 Å². The van der Waals surface area contributed by atoms with Gasteiger partial charge in [-0.2, -0.15) is 0 Å². The van der Waals surface area contributed by atoms with E-state index in [1.54, 1.807) is 0 Å². The predicted octanol–water partition coefficient (Wildman–Crippen LogP) is 16.7. The van der Waals surface area contributed by atoms with E-state index in [1.165, 1.54) is 70.6 Å². The molecule has 64 heavy (non-hydrogen) atoms. The van der Waals surface area contributed by atoms with Crippen molar-refractivity contribution in [1.82, 2.24) is 0 Å². The molecule has 0 aromatic heterocycles. The molecule has 0 spiro atoms. The van der Waals surface area contributed by atoms with E-state index >= 15 is 0 Å². The highest BCUT2D eigenvalue weighted by Gasteiger charge is 2.19. The maximum atomic E-state index is 12.8. The zero-order chi connectivity index (χ0) is 46.5. The van der Waals surface area contributed by atoms with Crippen LogP contribution in [-0.2, 0) is 28.6 Å². The molecule has 0 aliphatic carbocycles. The number of ether oxygens (including phenoxy) is 3. The molecular weight excluding hydrogens is 793 g/mol. The van der Waals surface area contributed by atoms with Crippen molar-refractivity contribution in [3.8, 4) is 0 Å². The van der Waals surface area contributed by atoms with Gasteiger partial charge in [-0.25, -0.2) is 0 Å². The molecule has 0 aliphatic heterocycles. The largest absolute Gasteiger partial charge is 0.462 e. The Labute approximate surface area is 392 Å². The third-order valence-corrected chi connectivity index (χ3v) is 10.0. The van der Waals surface area contributed by atoms with Crippen molar-refractivity contribution >= 4 is 17.9 Å². The molecule has 0 radical (unpaired) electrons. The molecule has 0 bridgehead atoms. The molecule has 0 heterocycles. The number of hydrogen-bond donors (Lipinski definition) is 0. The van der Waals surface area contributed by atoms with Crippen molar-refractivity contribution in [3.05, 3.63) is 134 Å². The molecule has 0 aliphatic rings. The van der Waals surface area contributed by atoms with Crippen molar-refractivity contribution in [2.24, 2.45) is 0 Å². The lowest BCUT2D eigenvalue weighted by Crippen LogP contribution is -2.30. The van der Waals surface area contributed by atoms with E-state index in [1.807, 2.05) is 54.7 Å². The Kier molecular flexibility index (Phi) is 47.6. The lowest BCUT2D eigenvalue weighted by Gasteiger charge is -2.18. The zero-order valence-electron chi connectivity index (χ0n) is 40.7. The summed E-state index contributed by atoms with van der Waals surface area (Å²) in [5.41, 5.74) is 0. The molecule has 6 nitrogen and oxygen atoms in total. The minimum atomic E-state index is -0.847. The second kappa shape index (κ2) is 51.2. The van der Waals surface area contributed by atoms with Gasteiger partial charge >= 0.3 is 17.9 Å². The van der Waals surface area contributed by atoms with Crippen molar-refractivity contribution in [2.75, 3.05) is 13.2 Å². The topological polar surface area (TPSA) is 78.9 Å². The molecule has 0 rings (SSSR count). The van der Waals surface area contributed by atoms with Crippen molar-refractivity contribution in [2.45, 2.75) is 200 Å². The van der Waals surface area contributed by atoms with E-state index in [2.05, 4.69) is 99.8 Å². The molecular formula is C58H90O6. The predicted molar refractivity (Wildman–Crippen MR) is 274 cm³/mol. The van der Waals surface area contributed by atoms with Crippen LogP contribution >= 0.6 is 0 Å². The average molecular weight is 883 g/mol. The van der Waals surface area contributed by atoms with Crippen LogP contribution in [0, 0.1) is 0 Å². The fourth-order valence-corrected chi connectivity index (χ4v) is 6.22. The van der Waals surface area contributed by atoms with Gasteiger partial charge < -0.3 is 14.2 Å². The van der Waals surface area contributed by atoms with Crippen molar-refractivity contribution in [1.29, 1.82) is 0 Å². The third kappa shape index (κ3) is 48.6. The molecule has 358 valence electrons. The summed E-state index contributed by atoms with van der Waals surface area (Å²) >= 11 is 0. The molecule has 0 N–H and O–H groups in total. The fraction of sp³-hybridized carbons (Fsp3) is 0.569. The quantitative estimate of drug-likeness (QED) is 0.0200. The average Bonchev–Trinajstić information content (AvgIpc) is 3.29. The lowest BCUT2D eigenvalue weighted by molar-refractivity contribution is -0.167. The van der Waals surface area contributed by atoms with E-state index < -0.39 is 6.10 Å². The monoisotopic (exact) mass is 883 g/mol. The van der Waals surface area contributed by atoms with Gasteiger partial charge in [-0.15, -0.1) is 0 Å². The minimum Gasteiger partial charge on any atom is -0.462 e. The maximum Gasteiger partial charge on any atom is 0.306 e. The Bertz CT molecular complexity index is 1430. The second-order valence-corrected chi connectivity index (χ2v) is 16.1. The Morgan fingerprint density at radius 1 is 0.344 bits per heavy atom. The fourth-order valence-electron chi connectivity index (χ4n) is 6.22. The number of allylic oxidation sites excluding steroid dienone is 22. The van der Waals surface area contributed by atoms with Crippen LogP contribution in [0.3, 0.4) is 0 Å². The van der Waals surface area contributed by atoms with E-state index in [4.69, 9.17) is 14.2 Å². The molecule has 0 saturated carbocycles. The van der Waals surface area contributed by atoms with Gasteiger partial charge in [0.2, 0.25) is 0 Å². The summed E-state index contributed by atoms with van der Waals surface area (Å²) < 4.78 is 16.6. The Morgan fingerprint density at radius 3 is 1.20 bits per heavy atom. The van der Waals surface area contributed by atoms with E-state index in [0.29, 0.717) is 19.3 Å². The third-order valence-electron chi connectivity index (χ3n) is 10.0. The van der Waals surface area contributed by atoms with Crippen LogP contribution in [0.1, 0.15) is 194 Å². The van der Waals surface area contributed by atoms with E-state index in [9.17, 15) is 14.4 Å². The van der Waals surface area contributed by atoms with Gasteiger partial charge in [0.1, 0.15) is 13.2 Å². The summed E-state index contributed by atoms with van der Waals surface area (Å²) in [4.78, 5) is 37.9. The molecule has 1 atom stereocenters. The zero-order valence-corrected chi connectivity index (χ0v) is 40.7. The van der Waals surface area contributed by atoms with Crippen LogP contribution in [0.2, 0.25) is 0 Å². The first kappa shape index (κ1) is 59.5. The highest BCUT2D eigenvalue weighted by atomic mass is 16.6. The molecule has 0 aromatic rings. The van der Waals surface area contributed by atoms with Crippen LogP contribution < -0.4 is 0 Å². The van der Waals surface area contributed by atoms with E-state index in [-0.39, 0.29) is 50.4 Å². The molecule has 0 fully saturated rings. The smallest absolute Gasteiger partial charge is 0.306 e. The summed E-state index contributed by atoms with van der Waals surface area (Å²) in [6.07, 6.45) is 71.6. The van der Waals surface area contributed by atoms with Gasteiger partial charge in [0.15, 0.2) is 6.10 Å². The first-order valence-electron chi connectivity index (χ1n) is 25.3. The maximum absolute atomic E-state index is 12.8. The summed E-state index contributed by atoms with van der Waals surface area (Å²) in [6.45, 7) is 6.30. The standard InChI is InChI=1S/C58H90O6/c1-4-7-10-13-16-19-22-25-27-29-31-33-36-39-42-45-48-51-57(60)63-54-55(53-62-56(59)50-47-44-41-38-35-32-24-21-18-15-12-9-6-3)64-58(61)52-49-46-43-40-37-34-30-28-26-23-20-17-14-11-8-5-2/h9,12,15-16,18-19,21,24-25,27-28,30-35,37-39,41-42,55H,4-8,10-11,13-14,17,20,22-23,26,29,36,40,43-54H2,1-3H3/b12-9-,18-15-,19-16-,24-21-,27-25-,30-28-,33-31-,35-32-,37-34-,41-38-,42-39-. The van der Waals surface area contributed by atoms with Gasteiger partial charge in [0.05, 0.1) is 0 Å². The summed E-state index contributed by atoms with van der Waals surface area (Å²) in [6, 6.07) is 0. The molecule has 1 unspecified atom stereocenters. The first-order chi connectivity index (χ1) is 31.5. The van der Waals surface area contributed by atoms with Gasteiger partial charge in [-0.05, 0) is 96.3 Å². The van der Waals surface area contributed by atoms with Crippen molar-refractivity contribution in [3.63, 3.8) is 0 Å². The summed E-state index contributed by atoms with van der Waals surface area (Å²) in [5, 5.41) is 0. The SMILES string of the molecule is CC\C=C/C=C\C=C/C=C\C=C/CCCC(=O)OCC(COC(=O)CCC/C=C\C/C=C\C/C=C\C/C=C\CCCCC)OC(=O)CCCCC/C=C\C=C/CCCCCCCCC. The number of unbranched alkanes of at least 4 members (excludes halogenated alkanes) is 15. The molecule has 0 saturated heterocycles. The molecule has 0 amide bonds. The number of esters is 3. The van der Waals surface area contributed by atoms with Gasteiger partial charge in [-0.3, -0.25) is 14.4 Å². The highest BCUT2D eigenvalue weighted by Crippen LogP contribution is 2.11. The second-order valence-electron chi connectivity index (χ2n) is 16.1. The Balaban J connectivity index is 4.64. The number of rotatable bonds is 43. The van der Waals surface area contributed by atoms with Gasteiger partial charge in [0.25, 0.3) is 0 Å². The number of carbonyl (C=O) groups excluding carboxylic acids is 3. The lowest BCUT2D eigenvalue weighted by atomic mass is 10.1. The van der Waals surface area contributed by atoms with Gasteiger partial charge in [-0.1, -0.05) is 212 Å². The number of hydrogen-bond acceptors (Lipinski definition) is 6. The Hall–Kier alpha value is -4.45. The summed E-state index contributed by atoms with van der Waals surface area (Å²) in [7, 11) is 0. The van der Waals surface area contributed by atoms with Crippen molar-refractivity contribution < 1.29 is 28.6 Å². The van der Waals surface area contributed by atoms with E-state index in [0.717, 1.165) is 64.2 Å². The summed E-state index contributed by atoms with van der Waals surface area (Å²) in [5.74, 6) is -1.11.